The summed E-state index contributed by atoms with van der Waals surface area (Å²) in [6.07, 6.45) is 0. The van der Waals surface area contributed by atoms with Crippen LogP contribution in [0.25, 0.3) is 0 Å². The molecule has 0 aromatic heterocycles. The summed E-state index contributed by atoms with van der Waals surface area (Å²) in [6.45, 7) is 2.15. The summed E-state index contributed by atoms with van der Waals surface area (Å²) in [5, 5.41) is 3.09. The molecule has 1 unspecified atom stereocenters. The molecule has 0 aliphatic heterocycles. The molecule has 2 aromatic rings. The largest absolute Gasteiger partial charge is 0.306 e. The van der Waals surface area contributed by atoms with Crippen molar-refractivity contribution in [3.63, 3.8) is 0 Å². The van der Waals surface area contributed by atoms with Crippen LogP contribution >= 0.6 is 11.6 Å². The normalized spacial score (nSPS) is 12.5. The Balaban J connectivity index is 2.59. The fourth-order valence-electron chi connectivity index (χ4n) is 2.09. The summed E-state index contributed by atoms with van der Waals surface area (Å²) < 4.78 is 53.8. The lowest BCUT2D eigenvalue weighted by Gasteiger charge is -2.21. The number of hydrogen-bond acceptors (Lipinski definition) is 1. The molecule has 0 bridgehead atoms. The average molecular weight is 318 g/mol. The highest BCUT2D eigenvalue weighted by Crippen LogP contribution is 2.31. The topological polar surface area (TPSA) is 12.0 Å². The summed E-state index contributed by atoms with van der Waals surface area (Å²) in [7, 11) is 0. The number of nitrogens with one attached hydrogen (secondary N) is 1. The molecule has 0 saturated heterocycles. The van der Waals surface area contributed by atoms with E-state index in [-0.39, 0.29) is 16.1 Å². The van der Waals surface area contributed by atoms with Crippen molar-refractivity contribution in [3.05, 3.63) is 69.8 Å². The van der Waals surface area contributed by atoms with Crippen LogP contribution in [0.15, 0.2) is 30.3 Å². The van der Waals surface area contributed by atoms with Crippen LogP contribution in [0.1, 0.15) is 24.1 Å². The van der Waals surface area contributed by atoms with E-state index in [0.29, 0.717) is 6.54 Å². The van der Waals surface area contributed by atoms with Crippen molar-refractivity contribution in [2.24, 2.45) is 0 Å². The standard InChI is InChI=1S/C15H12ClF4N/c1-2-21-15(10-7-8(17)3-5-11(10)16)9-4-6-12(18)14(20)13(9)19/h3-7,15,21H,2H2,1H3. The first kappa shape index (κ1) is 15.8. The van der Waals surface area contributed by atoms with Gasteiger partial charge in [-0.25, -0.2) is 17.6 Å². The number of halogens is 5. The van der Waals surface area contributed by atoms with E-state index in [1.54, 1.807) is 6.92 Å². The van der Waals surface area contributed by atoms with E-state index >= 15 is 0 Å². The predicted molar refractivity (Wildman–Crippen MR) is 73.2 cm³/mol. The van der Waals surface area contributed by atoms with Crippen molar-refractivity contribution in [2.75, 3.05) is 6.54 Å². The van der Waals surface area contributed by atoms with Crippen molar-refractivity contribution >= 4 is 11.6 Å². The van der Waals surface area contributed by atoms with Gasteiger partial charge in [-0.05, 0) is 36.4 Å². The van der Waals surface area contributed by atoms with Crippen LogP contribution in [0, 0.1) is 23.3 Å². The van der Waals surface area contributed by atoms with Gasteiger partial charge in [0.05, 0.1) is 6.04 Å². The highest BCUT2D eigenvalue weighted by Gasteiger charge is 2.23. The van der Waals surface area contributed by atoms with Gasteiger partial charge in [0.25, 0.3) is 0 Å². The highest BCUT2D eigenvalue weighted by molar-refractivity contribution is 6.31. The van der Waals surface area contributed by atoms with E-state index in [9.17, 15) is 17.6 Å². The number of rotatable bonds is 4. The number of benzene rings is 2. The molecule has 1 nitrogen and oxygen atoms in total. The molecular weight excluding hydrogens is 306 g/mol. The van der Waals surface area contributed by atoms with E-state index in [2.05, 4.69) is 5.32 Å². The van der Waals surface area contributed by atoms with Crippen molar-refractivity contribution in [3.8, 4) is 0 Å². The summed E-state index contributed by atoms with van der Waals surface area (Å²) >= 11 is 6.00. The van der Waals surface area contributed by atoms with Gasteiger partial charge in [0.2, 0.25) is 0 Å². The molecule has 0 amide bonds. The van der Waals surface area contributed by atoms with Crippen molar-refractivity contribution in [2.45, 2.75) is 13.0 Å². The second-order valence-corrected chi connectivity index (χ2v) is 4.83. The van der Waals surface area contributed by atoms with Gasteiger partial charge in [-0.3, -0.25) is 0 Å². The van der Waals surface area contributed by atoms with Gasteiger partial charge >= 0.3 is 0 Å². The Morgan fingerprint density at radius 1 is 1.00 bits per heavy atom. The fraction of sp³-hybridized carbons (Fsp3) is 0.200. The quantitative estimate of drug-likeness (QED) is 0.642. The minimum Gasteiger partial charge on any atom is -0.306 e. The van der Waals surface area contributed by atoms with Crippen LogP contribution in [0.4, 0.5) is 17.6 Å². The van der Waals surface area contributed by atoms with Gasteiger partial charge in [0.1, 0.15) is 5.82 Å². The van der Waals surface area contributed by atoms with Gasteiger partial charge in [-0.1, -0.05) is 24.6 Å². The SMILES string of the molecule is CCNC(c1cc(F)ccc1Cl)c1ccc(F)c(F)c1F. The molecule has 0 saturated carbocycles. The zero-order valence-electron chi connectivity index (χ0n) is 11.1. The monoisotopic (exact) mass is 317 g/mol. The molecule has 0 fully saturated rings. The molecule has 0 spiro atoms. The second-order valence-electron chi connectivity index (χ2n) is 4.42. The lowest BCUT2D eigenvalue weighted by molar-refractivity contribution is 0.433. The predicted octanol–water partition coefficient (Wildman–Crippen LogP) is 4.60. The van der Waals surface area contributed by atoms with E-state index in [0.717, 1.165) is 24.3 Å². The zero-order valence-corrected chi connectivity index (χ0v) is 11.8. The zero-order chi connectivity index (χ0) is 15.6. The Kier molecular flexibility index (Phi) is 4.85. The molecule has 6 heteroatoms. The average Bonchev–Trinajstić information content (AvgIpc) is 2.46. The van der Waals surface area contributed by atoms with E-state index in [1.165, 1.54) is 6.07 Å². The molecule has 1 atom stereocenters. The first-order valence-electron chi connectivity index (χ1n) is 6.27. The molecule has 1 N–H and O–H groups in total. The van der Waals surface area contributed by atoms with Crippen LogP contribution in [-0.2, 0) is 0 Å². The lowest BCUT2D eigenvalue weighted by atomic mass is 9.97. The summed E-state index contributed by atoms with van der Waals surface area (Å²) in [6, 6.07) is 4.68. The molecular formula is C15H12ClF4N. The minimum absolute atomic E-state index is 0.136. The van der Waals surface area contributed by atoms with Crippen molar-refractivity contribution in [1.82, 2.24) is 5.32 Å². The molecule has 0 radical (unpaired) electrons. The van der Waals surface area contributed by atoms with Crippen LogP contribution in [0.2, 0.25) is 5.02 Å². The van der Waals surface area contributed by atoms with Crippen LogP contribution in [0.3, 0.4) is 0 Å². The molecule has 0 aliphatic carbocycles. The number of hydrogen-bond donors (Lipinski definition) is 1. The van der Waals surface area contributed by atoms with Gasteiger partial charge in [0, 0.05) is 10.6 Å². The van der Waals surface area contributed by atoms with Crippen LogP contribution in [-0.4, -0.2) is 6.54 Å². The maximum atomic E-state index is 14.0. The lowest BCUT2D eigenvalue weighted by Crippen LogP contribution is -2.24. The third-order valence-corrected chi connectivity index (χ3v) is 3.40. The Bertz CT molecular complexity index is 660. The third kappa shape index (κ3) is 3.19. The fourth-order valence-corrected chi connectivity index (χ4v) is 2.32. The third-order valence-electron chi connectivity index (χ3n) is 3.05. The van der Waals surface area contributed by atoms with Gasteiger partial charge in [-0.2, -0.15) is 0 Å². The van der Waals surface area contributed by atoms with Gasteiger partial charge in [0.15, 0.2) is 17.5 Å². The second kappa shape index (κ2) is 6.45. The maximum absolute atomic E-state index is 14.0. The van der Waals surface area contributed by atoms with E-state index in [4.69, 9.17) is 11.6 Å². The Morgan fingerprint density at radius 3 is 2.38 bits per heavy atom. The molecule has 2 rings (SSSR count). The molecule has 0 heterocycles. The maximum Gasteiger partial charge on any atom is 0.194 e. The molecule has 0 aliphatic rings. The first-order valence-corrected chi connectivity index (χ1v) is 6.65. The Hall–Kier alpha value is -1.59. The van der Waals surface area contributed by atoms with Crippen molar-refractivity contribution in [1.29, 1.82) is 0 Å². The summed E-state index contributed by atoms with van der Waals surface area (Å²) in [5.74, 6) is -4.72. The summed E-state index contributed by atoms with van der Waals surface area (Å²) in [4.78, 5) is 0. The van der Waals surface area contributed by atoms with E-state index in [1.807, 2.05) is 0 Å². The molecule has 2 aromatic carbocycles. The van der Waals surface area contributed by atoms with Crippen LogP contribution in [0.5, 0.6) is 0 Å². The molecule has 112 valence electrons. The van der Waals surface area contributed by atoms with Crippen LogP contribution < -0.4 is 5.32 Å². The van der Waals surface area contributed by atoms with Crippen molar-refractivity contribution < 1.29 is 17.6 Å². The summed E-state index contributed by atoms with van der Waals surface area (Å²) in [5.41, 5.74) is 0.117. The molecule has 21 heavy (non-hydrogen) atoms. The minimum atomic E-state index is -1.57. The Labute approximate surface area is 124 Å². The first-order chi connectivity index (χ1) is 9.95. The van der Waals surface area contributed by atoms with Gasteiger partial charge in [-0.15, -0.1) is 0 Å². The van der Waals surface area contributed by atoms with Gasteiger partial charge < -0.3 is 5.32 Å². The Morgan fingerprint density at radius 2 is 1.71 bits per heavy atom. The smallest absolute Gasteiger partial charge is 0.194 e. The van der Waals surface area contributed by atoms with E-state index < -0.39 is 29.3 Å². The highest BCUT2D eigenvalue weighted by atomic mass is 35.5.